The first-order chi connectivity index (χ1) is 15.6. The van der Waals surface area contributed by atoms with E-state index in [2.05, 4.69) is 21.2 Å². The van der Waals surface area contributed by atoms with E-state index in [0.29, 0.717) is 10.0 Å². The molecule has 0 fully saturated rings. The number of anilines is 1. The number of nitrogens with zero attached hydrogens (tertiary/aromatic N) is 1. The highest BCUT2D eigenvalue weighted by atomic mass is 79.9. The van der Waals surface area contributed by atoms with E-state index in [0.717, 1.165) is 4.31 Å². The molecule has 172 valence electrons. The summed E-state index contributed by atoms with van der Waals surface area (Å²) in [6.45, 7) is -0.143. The van der Waals surface area contributed by atoms with Crippen molar-refractivity contribution in [3.8, 4) is 0 Å². The summed E-state index contributed by atoms with van der Waals surface area (Å²) >= 11 is 3.19. The second-order valence-electron chi connectivity index (χ2n) is 7.19. The van der Waals surface area contributed by atoms with Crippen LogP contribution in [-0.2, 0) is 10.0 Å². The second-order valence-corrected chi connectivity index (χ2v) is 10.1. The van der Waals surface area contributed by atoms with Gasteiger partial charge in [-0.25, -0.2) is 13.2 Å². The van der Waals surface area contributed by atoms with E-state index in [1.807, 2.05) is 0 Å². The Bertz CT molecular complexity index is 1260. The molecule has 3 rings (SSSR count). The fourth-order valence-corrected chi connectivity index (χ4v) is 4.62. The SMILES string of the molecule is CN(CC(O)c1ccccc1)S(=O)(=O)c1ccc(C(=O)Nc2ccc(Br)cc2C(=O)O)cc1. The summed E-state index contributed by atoms with van der Waals surface area (Å²) in [5.41, 5.74) is 0.776. The minimum absolute atomic E-state index is 0.0447. The lowest BCUT2D eigenvalue weighted by Crippen LogP contribution is -2.31. The Balaban J connectivity index is 1.74. The molecule has 0 aliphatic rings. The van der Waals surface area contributed by atoms with E-state index in [9.17, 15) is 28.2 Å². The lowest BCUT2D eigenvalue weighted by molar-refractivity contribution is 0.0698. The van der Waals surface area contributed by atoms with Crippen molar-refractivity contribution >= 4 is 43.5 Å². The first-order valence-electron chi connectivity index (χ1n) is 9.73. The summed E-state index contributed by atoms with van der Waals surface area (Å²) in [4.78, 5) is 23.9. The molecule has 0 bridgehead atoms. The summed E-state index contributed by atoms with van der Waals surface area (Å²) in [5, 5.41) is 22.2. The van der Waals surface area contributed by atoms with Crippen molar-refractivity contribution in [3.05, 3.63) is 94.0 Å². The van der Waals surface area contributed by atoms with Crippen LogP contribution in [0.25, 0.3) is 0 Å². The van der Waals surface area contributed by atoms with Crippen molar-refractivity contribution < 1.29 is 28.2 Å². The van der Waals surface area contributed by atoms with Gasteiger partial charge in [0.25, 0.3) is 5.91 Å². The van der Waals surface area contributed by atoms with Crippen molar-refractivity contribution in [1.29, 1.82) is 0 Å². The minimum atomic E-state index is -3.91. The summed E-state index contributed by atoms with van der Waals surface area (Å²) in [5.74, 6) is -1.79. The lowest BCUT2D eigenvalue weighted by Gasteiger charge is -2.21. The molecular weight excluding hydrogens is 512 g/mol. The number of aliphatic hydroxyl groups is 1. The molecule has 0 spiro atoms. The smallest absolute Gasteiger partial charge is 0.337 e. The van der Waals surface area contributed by atoms with E-state index >= 15 is 0 Å². The van der Waals surface area contributed by atoms with Crippen molar-refractivity contribution in [2.75, 3.05) is 18.9 Å². The van der Waals surface area contributed by atoms with Crippen LogP contribution in [-0.4, -0.2) is 48.4 Å². The molecule has 1 atom stereocenters. The molecule has 3 N–H and O–H groups in total. The molecule has 10 heteroatoms. The predicted molar refractivity (Wildman–Crippen MR) is 127 cm³/mol. The first-order valence-corrected chi connectivity index (χ1v) is 12.0. The average Bonchev–Trinajstić information content (AvgIpc) is 2.80. The molecular formula is C23H21BrN2O6S. The molecule has 1 unspecified atom stereocenters. The second kappa shape index (κ2) is 10.3. The maximum Gasteiger partial charge on any atom is 0.337 e. The number of amides is 1. The number of rotatable bonds is 8. The normalized spacial score (nSPS) is 12.4. The number of carbonyl (C=O) groups excluding carboxylic acids is 1. The number of nitrogens with one attached hydrogen (secondary N) is 1. The van der Waals surface area contributed by atoms with Gasteiger partial charge in [0.2, 0.25) is 10.0 Å². The number of sulfonamides is 1. The van der Waals surface area contributed by atoms with E-state index in [1.54, 1.807) is 36.4 Å². The molecule has 8 nitrogen and oxygen atoms in total. The summed E-state index contributed by atoms with van der Waals surface area (Å²) in [6, 6.07) is 18.4. The highest BCUT2D eigenvalue weighted by Gasteiger charge is 2.24. The number of carbonyl (C=O) groups is 2. The number of halogens is 1. The van der Waals surface area contributed by atoms with Gasteiger partial charge in [-0.05, 0) is 48.0 Å². The number of aromatic carboxylic acids is 1. The molecule has 3 aromatic rings. The number of carboxylic acid groups (broad SMARTS) is 1. The van der Waals surface area contributed by atoms with Crippen molar-refractivity contribution in [3.63, 3.8) is 0 Å². The molecule has 0 aliphatic carbocycles. The molecule has 3 aromatic carbocycles. The summed E-state index contributed by atoms with van der Waals surface area (Å²) in [7, 11) is -2.54. The zero-order valence-electron chi connectivity index (χ0n) is 17.5. The van der Waals surface area contributed by atoms with E-state index < -0.39 is 28.0 Å². The van der Waals surface area contributed by atoms with Crippen LogP contribution in [0.5, 0.6) is 0 Å². The van der Waals surface area contributed by atoms with Crippen molar-refractivity contribution in [2.45, 2.75) is 11.0 Å². The number of aliphatic hydroxyl groups excluding tert-OH is 1. The molecule has 0 aromatic heterocycles. The van der Waals surface area contributed by atoms with Crippen LogP contribution < -0.4 is 5.32 Å². The van der Waals surface area contributed by atoms with Gasteiger partial charge in [-0.15, -0.1) is 0 Å². The third-order valence-corrected chi connectivity index (χ3v) is 7.23. The largest absolute Gasteiger partial charge is 0.478 e. The molecule has 0 aliphatic heterocycles. The Kier molecular flexibility index (Phi) is 7.65. The van der Waals surface area contributed by atoms with Crippen LogP contribution >= 0.6 is 15.9 Å². The third kappa shape index (κ3) is 5.85. The van der Waals surface area contributed by atoms with Crippen LogP contribution in [0, 0.1) is 0 Å². The Morgan fingerprint density at radius 2 is 1.67 bits per heavy atom. The van der Waals surface area contributed by atoms with Gasteiger partial charge in [0, 0.05) is 23.6 Å². The fraction of sp³-hybridized carbons (Fsp3) is 0.130. The molecule has 0 saturated carbocycles. The van der Waals surface area contributed by atoms with Crippen LogP contribution in [0.4, 0.5) is 5.69 Å². The number of hydrogen-bond acceptors (Lipinski definition) is 5. The number of likely N-dealkylation sites (N-methyl/N-ethyl adjacent to an activating group) is 1. The highest BCUT2D eigenvalue weighted by Crippen LogP contribution is 2.23. The molecule has 0 saturated heterocycles. The van der Waals surface area contributed by atoms with Gasteiger partial charge in [0.1, 0.15) is 0 Å². The van der Waals surface area contributed by atoms with Crippen LogP contribution in [0.3, 0.4) is 0 Å². The summed E-state index contributed by atoms with van der Waals surface area (Å²) in [6.07, 6.45) is -0.995. The number of carboxylic acids is 1. The third-order valence-electron chi connectivity index (χ3n) is 4.90. The zero-order valence-corrected chi connectivity index (χ0v) is 19.9. The van der Waals surface area contributed by atoms with Gasteiger partial charge in [0.15, 0.2) is 0 Å². The zero-order chi connectivity index (χ0) is 24.2. The van der Waals surface area contributed by atoms with Gasteiger partial charge in [-0.1, -0.05) is 46.3 Å². The first kappa shape index (κ1) is 24.6. The van der Waals surface area contributed by atoms with Crippen molar-refractivity contribution in [1.82, 2.24) is 4.31 Å². The predicted octanol–water partition coefficient (Wildman–Crippen LogP) is 3.75. The topological polar surface area (TPSA) is 124 Å². The molecule has 1 amide bonds. The molecule has 33 heavy (non-hydrogen) atoms. The van der Waals surface area contributed by atoms with Gasteiger partial charge < -0.3 is 15.5 Å². The van der Waals surface area contributed by atoms with Gasteiger partial charge in [-0.3, -0.25) is 4.79 Å². The van der Waals surface area contributed by atoms with Crippen molar-refractivity contribution in [2.24, 2.45) is 0 Å². The Hall–Kier alpha value is -3.05. The lowest BCUT2D eigenvalue weighted by atomic mass is 10.1. The Morgan fingerprint density at radius 1 is 1.03 bits per heavy atom. The maximum absolute atomic E-state index is 12.9. The van der Waals surface area contributed by atoms with Gasteiger partial charge in [0.05, 0.1) is 22.3 Å². The molecule has 0 heterocycles. The highest BCUT2D eigenvalue weighted by molar-refractivity contribution is 9.10. The number of hydrogen-bond donors (Lipinski definition) is 3. The monoisotopic (exact) mass is 532 g/mol. The van der Waals surface area contributed by atoms with Crippen LogP contribution in [0.1, 0.15) is 32.4 Å². The van der Waals surface area contributed by atoms with E-state index in [4.69, 9.17) is 0 Å². The summed E-state index contributed by atoms with van der Waals surface area (Å²) < 4.78 is 27.3. The van der Waals surface area contributed by atoms with E-state index in [1.165, 1.54) is 43.4 Å². The van der Waals surface area contributed by atoms with Gasteiger partial charge in [-0.2, -0.15) is 4.31 Å². The van der Waals surface area contributed by atoms with Gasteiger partial charge >= 0.3 is 5.97 Å². The van der Waals surface area contributed by atoms with E-state index in [-0.39, 0.29) is 28.3 Å². The fourth-order valence-electron chi connectivity index (χ4n) is 3.08. The molecule has 0 radical (unpaired) electrons. The van der Waals surface area contributed by atoms with Crippen LogP contribution in [0.2, 0.25) is 0 Å². The standard InChI is InChI=1S/C23H21BrN2O6S/c1-26(14-21(27)15-5-3-2-4-6-15)33(31,32)18-10-7-16(8-11-18)22(28)25-20-12-9-17(24)13-19(20)23(29)30/h2-13,21,27H,14H2,1H3,(H,25,28)(H,29,30). The quantitative estimate of drug-likeness (QED) is 0.405. The Labute approximate surface area is 199 Å². The number of benzene rings is 3. The minimum Gasteiger partial charge on any atom is -0.478 e. The average molecular weight is 533 g/mol. The Morgan fingerprint density at radius 3 is 2.27 bits per heavy atom. The maximum atomic E-state index is 12.9. The van der Waals surface area contributed by atoms with Crippen LogP contribution in [0.15, 0.2) is 82.2 Å².